The van der Waals surface area contributed by atoms with Gasteiger partial charge in [-0.05, 0) is 20.0 Å². The molecule has 15 heteroatoms. The van der Waals surface area contributed by atoms with E-state index in [2.05, 4.69) is 15.1 Å². The monoisotopic (exact) mass is 507 g/mol. The molecule has 0 aromatic carbocycles. The maximum Gasteiger partial charge on any atom is 0.421 e. The number of H-pyrrole nitrogens is 1. The van der Waals surface area contributed by atoms with Crippen molar-refractivity contribution in [3.8, 4) is 0 Å². The molecule has 0 spiro atoms. The minimum Gasteiger partial charge on any atom is -0.339 e. The van der Waals surface area contributed by atoms with E-state index in [0.717, 1.165) is 0 Å². The highest BCUT2D eigenvalue weighted by molar-refractivity contribution is 5.77. The van der Waals surface area contributed by atoms with Crippen LogP contribution < -0.4 is 10.5 Å². The number of rotatable bonds is 6. The van der Waals surface area contributed by atoms with E-state index in [9.17, 15) is 35.9 Å². The van der Waals surface area contributed by atoms with E-state index in [-0.39, 0.29) is 36.6 Å². The number of amides is 1. The van der Waals surface area contributed by atoms with Gasteiger partial charge in [0.1, 0.15) is 5.56 Å². The van der Waals surface area contributed by atoms with Gasteiger partial charge in [0.15, 0.2) is 0 Å². The van der Waals surface area contributed by atoms with Crippen LogP contribution >= 0.6 is 0 Å². The van der Waals surface area contributed by atoms with Crippen molar-refractivity contribution in [3.63, 3.8) is 0 Å². The quantitative estimate of drug-likeness (QED) is 0.599. The van der Waals surface area contributed by atoms with Crippen LogP contribution in [0.2, 0.25) is 0 Å². The molecule has 1 aliphatic heterocycles. The Morgan fingerprint density at radius 2 is 1.69 bits per heavy atom. The molecule has 1 saturated heterocycles. The van der Waals surface area contributed by atoms with E-state index in [4.69, 9.17) is 0 Å². The van der Waals surface area contributed by atoms with Crippen LogP contribution in [0.5, 0.6) is 0 Å². The van der Waals surface area contributed by atoms with Crippen molar-refractivity contribution >= 4 is 11.9 Å². The summed E-state index contributed by atoms with van der Waals surface area (Å²) in [5.74, 6) is -0.0347. The van der Waals surface area contributed by atoms with Crippen molar-refractivity contribution < 1.29 is 31.1 Å². The van der Waals surface area contributed by atoms with Crippen LogP contribution in [0.4, 0.5) is 32.3 Å². The number of nitrogens with one attached hydrogen (secondary N) is 1. The van der Waals surface area contributed by atoms with Crippen LogP contribution in [-0.2, 0) is 23.7 Å². The molecule has 3 rings (SSSR count). The molecule has 0 aliphatic carbocycles. The third kappa shape index (κ3) is 6.68. The maximum absolute atomic E-state index is 12.9. The molecular formula is C20H23F6N7O2. The first-order valence-corrected chi connectivity index (χ1v) is 10.5. The molecule has 1 amide bonds. The van der Waals surface area contributed by atoms with Crippen molar-refractivity contribution in [3.05, 3.63) is 45.6 Å². The number of carbonyl (C=O) groups excluding carboxylic acids is 1. The average Bonchev–Trinajstić information content (AvgIpc) is 2.79. The molecule has 35 heavy (non-hydrogen) atoms. The fraction of sp³-hybridized carbons (Fsp3) is 0.550. The Morgan fingerprint density at radius 3 is 2.23 bits per heavy atom. The molecule has 0 saturated carbocycles. The summed E-state index contributed by atoms with van der Waals surface area (Å²) in [5.41, 5.74) is -3.61. The van der Waals surface area contributed by atoms with Crippen LogP contribution in [0.3, 0.4) is 0 Å². The number of piperazine rings is 1. The Kier molecular flexibility index (Phi) is 7.67. The fourth-order valence-electron chi connectivity index (χ4n) is 3.47. The Morgan fingerprint density at radius 1 is 1.09 bits per heavy atom. The molecule has 9 nitrogen and oxygen atoms in total. The topological polar surface area (TPSA) is 98.3 Å². The number of carbonyl (C=O) groups is 1. The third-order valence-electron chi connectivity index (χ3n) is 5.68. The number of hydrogen-bond acceptors (Lipinski definition) is 7. The first-order chi connectivity index (χ1) is 16.3. The first-order valence-electron chi connectivity index (χ1n) is 10.5. The summed E-state index contributed by atoms with van der Waals surface area (Å²) < 4.78 is 76.8. The van der Waals surface area contributed by atoms with Gasteiger partial charge in [0.2, 0.25) is 11.9 Å². The van der Waals surface area contributed by atoms with Gasteiger partial charge in [-0.25, -0.2) is 15.1 Å². The van der Waals surface area contributed by atoms with Crippen LogP contribution in [0.15, 0.2) is 23.3 Å². The van der Waals surface area contributed by atoms with Crippen molar-refractivity contribution in [1.29, 1.82) is 0 Å². The molecule has 2 aromatic rings. The van der Waals surface area contributed by atoms with E-state index in [0.29, 0.717) is 44.6 Å². The van der Waals surface area contributed by atoms with Gasteiger partial charge in [-0.2, -0.15) is 31.4 Å². The van der Waals surface area contributed by atoms with Gasteiger partial charge in [-0.15, -0.1) is 0 Å². The summed E-state index contributed by atoms with van der Waals surface area (Å²) in [6.07, 6.45) is -7.82. The van der Waals surface area contributed by atoms with Crippen LogP contribution in [0, 0.1) is 0 Å². The van der Waals surface area contributed by atoms with Gasteiger partial charge in [-0.1, -0.05) is 0 Å². The fourth-order valence-corrected chi connectivity index (χ4v) is 3.47. The summed E-state index contributed by atoms with van der Waals surface area (Å²) in [4.78, 5) is 36.5. The van der Waals surface area contributed by atoms with Gasteiger partial charge in [-0.3, -0.25) is 14.5 Å². The molecule has 2 aromatic heterocycles. The lowest BCUT2D eigenvalue weighted by molar-refractivity contribution is -0.139. The highest BCUT2D eigenvalue weighted by Crippen LogP contribution is 2.29. The number of anilines is 1. The van der Waals surface area contributed by atoms with Crippen LogP contribution in [0.1, 0.15) is 30.2 Å². The summed E-state index contributed by atoms with van der Waals surface area (Å²) in [6, 6.07) is 0.341. The second-order valence-electron chi connectivity index (χ2n) is 8.21. The molecule has 192 valence electrons. The highest BCUT2D eigenvalue weighted by atomic mass is 19.4. The SMILES string of the molecule is C[C@H](CC(=O)N1CCN(c2ncc(C(F)(F)F)cn2)CC1)N(C)Cc1cc(C(F)(F)F)c(=O)[nH]n1. The number of alkyl halides is 6. The molecule has 1 N–H and O–H groups in total. The summed E-state index contributed by atoms with van der Waals surface area (Å²) >= 11 is 0. The second kappa shape index (κ2) is 10.2. The zero-order valence-corrected chi connectivity index (χ0v) is 18.8. The molecule has 1 fully saturated rings. The standard InChI is InChI=1S/C20H23F6N7O2/c1-12(31(2)11-14-8-15(20(24,25)26)17(35)30-29-14)7-16(34)32-3-5-33(6-4-32)18-27-9-13(10-28-18)19(21,22)23/h8-10,12H,3-7,11H2,1-2H3,(H,30,35)/t12-/m1/s1. The van der Waals surface area contributed by atoms with Gasteiger partial charge >= 0.3 is 12.4 Å². The molecule has 1 aliphatic rings. The molecule has 0 bridgehead atoms. The minimum absolute atomic E-state index is 0.00359. The predicted molar refractivity (Wildman–Crippen MR) is 111 cm³/mol. The summed E-state index contributed by atoms with van der Waals surface area (Å²) in [5, 5.41) is 5.49. The van der Waals surface area contributed by atoms with E-state index in [1.807, 2.05) is 5.10 Å². The number of aromatic nitrogens is 4. The maximum atomic E-state index is 12.9. The van der Waals surface area contributed by atoms with Crippen molar-refractivity contribution in [1.82, 2.24) is 30.0 Å². The Hall–Kier alpha value is -3.23. The van der Waals surface area contributed by atoms with E-state index in [1.165, 1.54) is 0 Å². The lowest BCUT2D eigenvalue weighted by Gasteiger charge is -2.36. The number of hydrogen-bond donors (Lipinski definition) is 1. The van der Waals surface area contributed by atoms with Crippen molar-refractivity contribution in [2.75, 3.05) is 38.1 Å². The van der Waals surface area contributed by atoms with Crippen molar-refractivity contribution in [2.45, 2.75) is 38.3 Å². The van der Waals surface area contributed by atoms with Gasteiger partial charge < -0.3 is 9.80 Å². The zero-order valence-electron chi connectivity index (χ0n) is 18.8. The molecule has 1 atom stereocenters. The lowest BCUT2D eigenvalue weighted by atomic mass is 10.1. The van der Waals surface area contributed by atoms with Gasteiger partial charge in [0, 0.05) is 57.6 Å². The number of halogens is 6. The van der Waals surface area contributed by atoms with E-state index >= 15 is 0 Å². The molecule has 0 radical (unpaired) electrons. The Bertz CT molecular complexity index is 1080. The lowest BCUT2D eigenvalue weighted by Crippen LogP contribution is -2.50. The minimum atomic E-state index is -4.81. The Balaban J connectivity index is 1.52. The largest absolute Gasteiger partial charge is 0.421 e. The highest BCUT2D eigenvalue weighted by Gasteiger charge is 2.35. The third-order valence-corrected chi connectivity index (χ3v) is 5.68. The number of aromatic amines is 1. The molecular weight excluding hydrogens is 484 g/mol. The Labute approximate surface area is 195 Å². The predicted octanol–water partition coefficient (Wildman–Crippen LogP) is 2.16. The molecule has 0 unspecified atom stereocenters. The van der Waals surface area contributed by atoms with E-state index in [1.54, 1.807) is 28.7 Å². The zero-order chi connectivity index (χ0) is 26.0. The average molecular weight is 507 g/mol. The first kappa shape index (κ1) is 26.4. The smallest absolute Gasteiger partial charge is 0.339 e. The van der Waals surface area contributed by atoms with E-state index < -0.39 is 29.0 Å². The van der Waals surface area contributed by atoms with Crippen LogP contribution in [-0.4, -0.2) is 75.1 Å². The van der Waals surface area contributed by atoms with Crippen molar-refractivity contribution in [2.24, 2.45) is 0 Å². The summed E-state index contributed by atoms with van der Waals surface area (Å²) in [6.45, 7) is 3.02. The molecule has 3 heterocycles. The summed E-state index contributed by atoms with van der Waals surface area (Å²) in [7, 11) is 1.62. The normalized spacial score (nSPS) is 16.0. The second-order valence-corrected chi connectivity index (χ2v) is 8.21. The van der Waals surface area contributed by atoms with Gasteiger partial charge in [0.25, 0.3) is 5.56 Å². The number of nitrogens with zero attached hydrogens (tertiary/aromatic N) is 6. The van der Waals surface area contributed by atoms with Crippen LogP contribution in [0.25, 0.3) is 0 Å². The van der Waals surface area contributed by atoms with Gasteiger partial charge in [0.05, 0.1) is 11.3 Å².